The standard InChI is InChI=1S/C21H13N3O3S/c22-12-16(28-21-23-17-6-1-2-7-18(17)24-21)11-15-8-9-19(27-15)13-4-3-5-14(10-13)20(25)26/h1-11H,(H,23,24)(H,25,26)/b16-11+. The van der Waals surface area contributed by atoms with Crippen LogP contribution in [0.2, 0.25) is 0 Å². The summed E-state index contributed by atoms with van der Waals surface area (Å²) in [5.41, 5.74) is 2.58. The second kappa shape index (κ2) is 7.47. The Kier molecular flexibility index (Phi) is 4.70. The number of aromatic carboxylic acids is 1. The molecule has 28 heavy (non-hydrogen) atoms. The Balaban J connectivity index is 1.58. The summed E-state index contributed by atoms with van der Waals surface area (Å²) < 4.78 is 5.77. The maximum absolute atomic E-state index is 11.1. The molecule has 2 N–H and O–H groups in total. The molecule has 136 valence electrons. The van der Waals surface area contributed by atoms with E-state index in [0.717, 1.165) is 11.0 Å². The lowest BCUT2D eigenvalue weighted by Gasteiger charge is -1.99. The fourth-order valence-electron chi connectivity index (χ4n) is 2.69. The van der Waals surface area contributed by atoms with E-state index in [2.05, 4.69) is 16.0 Å². The number of aromatic nitrogens is 2. The molecule has 4 aromatic rings. The molecule has 0 spiro atoms. The van der Waals surface area contributed by atoms with Crippen LogP contribution in [0.15, 0.2) is 75.1 Å². The van der Waals surface area contributed by atoms with Crippen molar-refractivity contribution in [2.45, 2.75) is 5.16 Å². The number of furan rings is 1. The number of nitrogens with zero attached hydrogens (tertiary/aromatic N) is 2. The van der Waals surface area contributed by atoms with Gasteiger partial charge in [0.2, 0.25) is 0 Å². The van der Waals surface area contributed by atoms with E-state index in [0.29, 0.717) is 27.1 Å². The first-order valence-electron chi connectivity index (χ1n) is 8.30. The van der Waals surface area contributed by atoms with Crippen molar-refractivity contribution in [3.05, 3.63) is 76.9 Å². The summed E-state index contributed by atoms with van der Waals surface area (Å²) in [6.07, 6.45) is 1.63. The first kappa shape index (κ1) is 17.6. The number of fused-ring (bicyclic) bond motifs is 1. The molecular weight excluding hydrogens is 374 g/mol. The number of carboxylic acid groups (broad SMARTS) is 1. The summed E-state index contributed by atoms with van der Waals surface area (Å²) in [5.74, 6) is 0.0267. The van der Waals surface area contributed by atoms with Crippen molar-refractivity contribution in [1.29, 1.82) is 5.26 Å². The highest BCUT2D eigenvalue weighted by Crippen LogP contribution is 2.29. The van der Waals surface area contributed by atoms with Gasteiger partial charge in [-0.05, 0) is 48.2 Å². The molecule has 6 nitrogen and oxygen atoms in total. The van der Waals surface area contributed by atoms with Gasteiger partial charge in [-0.15, -0.1) is 0 Å². The Hall–Kier alpha value is -3.76. The van der Waals surface area contributed by atoms with Crippen LogP contribution < -0.4 is 0 Å². The summed E-state index contributed by atoms with van der Waals surface area (Å²) in [6, 6.07) is 19.8. The fourth-order valence-corrected chi connectivity index (χ4v) is 3.42. The van der Waals surface area contributed by atoms with Crippen molar-refractivity contribution in [1.82, 2.24) is 9.97 Å². The van der Waals surface area contributed by atoms with Crippen LogP contribution in [0.1, 0.15) is 16.1 Å². The highest BCUT2D eigenvalue weighted by atomic mass is 32.2. The van der Waals surface area contributed by atoms with Crippen molar-refractivity contribution >= 4 is 34.8 Å². The largest absolute Gasteiger partial charge is 0.478 e. The summed E-state index contributed by atoms with van der Waals surface area (Å²) in [7, 11) is 0. The van der Waals surface area contributed by atoms with Crippen molar-refractivity contribution in [3.63, 3.8) is 0 Å². The number of H-pyrrole nitrogens is 1. The van der Waals surface area contributed by atoms with Gasteiger partial charge in [0.1, 0.15) is 17.6 Å². The number of hydrogen-bond acceptors (Lipinski definition) is 5. The van der Waals surface area contributed by atoms with Gasteiger partial charge in [-0.2, -0.15) is 5.26 Å². The van der Waals surface area contributed by atoms with E-state index in [-0.39, 0.29) is 5.56 Å². The minimum Gasteiger partial charge on any atom is -0.478 e. The van der Waals surface area contributed by atoms with Gasteiger partial charge in [0.05, 0.1) is 21.5 Å². The SMILES string of the molecule is N#C/C(=C\c1ccc(-c2cccc(C(=O)O)c2)o1)Sc1nc2ccccc2[nH]1. The molecule has 0 saturated heterocycles. The highest BCUT2D eigenvalue weighted by molar-refractivity contribution is 8.03. The van der Waals surface area contributed by atoms with Gasteiger partial charge in [0.15, 0.2) is 5.16 Å². The van der Waals surface area contributed by atoms with Gasteiger partial charge in [-0.1, -0.05) is 24.3 Å². The van der Waals surface area contributed by atoms with E-state index in [9.17, 15) is 10.1 Å². The maximum Gasteiger partial charge on any atom is 0.335 e. The second-order valence-corrected chi connectivity index (χ2v) is 6.90. The van der Waals surface area contributed by atoms with Crippen LogP contribution in [0.4, 0.5) is 0 Å². The minimum absolute atomic E-state index is 0.184. The Morgan fingerprint density at radius 2 is 2.04 bits per heavy atom. The number of imidazole rings is 1. The zero-order valence-corrected chi connectivity index (χ0v) is 15.2. The lowest BCUT2D eigenvalue weighted by atomic mass is 10.1. The van der Waals surface area contributed by atoms with Gasteiger partial charge in [0.25, 0.3) is 0 Å². The second-order valence-electron chi connectivity index (χ2n) is 5.87. The van der Waals surface area contributed by atoms with Crippen LogP contribution in [-0.2, 0) is 0 Å². The molecule has 2 aromatic heterocycles. The molecular formula is C21H13N3O3S. The molecule has 0 bridgehead atoms. The van der Waals surface area contributed by atoms with Gasteiger partial charge >= 0.3 is 5.97 Å². The Morgan fingerprint density at radius 3 is 2.82 bits per heavy atom. The minimum atomic E-state index is -0.998. The molecule has 4 rings (SSSR count). The lowest BCUT2D eigenvalue weighted by molar-refractivity contribution is 0.0697. The number of carbonyl (C=O) groups is 1. The van der Waals surface area contributed by atoms with Gasteiger partial charge in [-0.3, -0.25) is 0 Å². The fraction of sp³-hybridized carbons (Fsp3) is 0. The van der Waals surface area contributed by atoms with E-state index in [4.69, 9.17) is 9.52 Å². The van der Waals surface area contributed by atoms with Crippen LogP contribution in [-0.4, -0.2) is 21.0 Å². The number of benzene rings is 2. The normalized spacial score (nSPS) is 11.5. The maximum atomic E-state index is 11.1. The van der Waals surface area contributed by atoms with Crippen LogP contribution in [0.5, 0.6) is 0 Å². The van der Waals surface area contributed by atoms with Crippen molar-refractivity contribution in [2.75, 3.05) is 0 Å². The summed E-state index contributed by atoms with van der Waals surface area (Å²) >= 11 is 1.22. The molecule has 0 saturated carbocycles. The molecule has 0 aliphatic heterocycles. The van der Waals surface area contributed by atoms with E-state index in [1.165, 1.54) is 17.8 Å². The molecule has 7 heteroatoms. The number of hydrogen-bond donors (Lipinski definition) is 2. The summed E-state index contributed by atoms with van der Waals surface area (Å²) in [5, 5.41) is 19.2. The van der Waals surface area contributed by atoms with Crippen LogP contribution in [0.25, 0.3) is 28.4 Å². The number of nitriles is 1. The zero-order chi connectivity index (χ0) is 19.5. The van der Waals surface area contributed by atoms with Crippen LogP contribution in [0.3, 0.4) is 0 Å². The average molecular weight is 387 g/mol. The lowest BCUT2D eigenvalue weighted by Crippen LogP contribution is -1.95. The predicted molar refractivity (Wildman–Crippen MR) is 107 cm³/mol. The molecule has 2 heterocycles. The molecule has 0 amide bonds. The topological polar surface area (TPSA) is 103 Å². The summed E-state index contributed by atoms with van der Waals surface area (Å²) in [4.78, 5) is 19.2. The summed E-state index contributed by atoms with van der Waals surface area (Å²) in [6.45, 7) is 0. The molecule has 2 aromatic carbocycles. The number of nitrogens with one attached hydrogen (secondary N) is 1. The van der Waals surface area contributed by atoms with E-state index >= 15 is 0 Å². The molecule has 0 atom stereocenters. The smallest absolute Gasteiger partial charge is 0.335 e. The predicted octanol–water partition coefficient (Wildman–Crippen LogP) is 5.18. The molecule has 0 unspecified atom stereocenters. The van der Waals surface area contributed by atoms with Crippen molar-refractivity contribution < 1.29 is 14.3 Å². The number of para-hydroxylation sites is 2. The van der Waals surface area contributed by atoms with Crippen molar-refractivity contribution in [3.8, 4) is 17.4 Å². The number of allylic oxidation sites excluding steroid dienone is 1. The third-order valence-corrected chi connectivity index (χ3v) is 4.79. The highest BCUT2D eigenvalue weighted by Gasteiger charge is 2.10. The monoisotopic (exact) mass is 387 g/mol. The Labute approximate surface area is 164 Å². The van der Waals surface area contributed by atoms with E-state index in [1.807, 2.05) is 24.3 Å². The number of aromatic amines is 1. The van der Waals surface area contributed by atoms with Gasteiger partial charge in [-0.25, -0.2) is 9.78 Å². The molecule has 0 aliphatic rings. The molecule has 0 fully saturated rings. The van der Waals surface area contributed by atoms with Gasteiger partial charge < -0.3 is 14.5 Å². The number of thioether (sulfide) groups is 1. The number of rotatable bonds is 5. The average Bonchev–Trinajstić information content (AvgIpc) is 3.34. The van der Waals surface area contributed by atoms with Crippen molar-refractivity contribution in [2.24, 2.45) is 0 Å². The van der Waals surface area contributed by atoms with Crippen LogP contribution in [0, 0.1) is 11.3 Å². The first-order chi connectivity index (χ1) is 13.6. The van der Waals surface area contributed by atoms with E-state index < -0.39 is 5.97 Å². The molecule has 0 aliphatic carbocycles. The first-order valence-corrected chi connectivity index (χ1v) is 9.12. The number of carboxylic acids is 1. The van der Waals surface area contributed by atoms with Crippen LogP contribution >= 0.6 is 11.8 Å². The Bertz CT molecular complexity index is 1210. The Morgan fingerprint density at radius 1 is 1.18 bits per heavy atom. The quantitative estimate of drug-likeness (QED) is 0.361. The third-order valence-electron chi connectivity index (χ3n) is 3.98. The van der Waals surface area contributed by atoms with E-state index in [1.54, 1.807) is 36.4 Å². The zero-order valence-electron chi connectivity index (χ0n) is 14.4. The van der Waals surface area contributed by atoms with Gasteiger partial charge in [0, 0.05) is 11.6 Å². The molecule has 0 radical (unpaired) electrons. The third kappa shape index (κ3) is 3.68.